The number of piperazine rings is 1. The molecule has 0 aromatic heterocycles. The van der Waals surface area contributed by atoms with Gasteiger partial charge in [0.25, 0.3) is 11.8 Å². The van der Waals surface area contributed by atoms with Crippen molar-refractivity contribution in [3.05, 3.63) is 54.1 Å². The van der Waals surface area contributed by atoms with Gasteiger partial charge < -0.3 is 29.3 Å². The molecule has 0 saturated carbocycles. The highest BCUT2D eigenvalue weighted by Gasteiger charge is 2.34. The van der Waals surface area contributed by atoms with Crippen molar-refractivity contribution >= 4 is 11.8 Å². The number of methoxy groups -OCH3 is 1. The standard InChI is InChI=1S/C23H27N3O5/c1-29-18-7-3-2-6-17(18)14-24-22(27)15-25-10-12-26(13-11-25)23(28)21-16-30-19-8-4-5-9-20(19)31-21/h2-9,21H,10-16H2,1H3,(H,24,27)/p+1/t21-/m1/s1. The Bertz CT molecular complexity index is 927. The number of fused-ring (bicyclic) bond motifs is 1. The molecule has 1 fully saturated rings. The van der Waals surface area contributed by atoms with Crippen molar-refractivity contribution in [1.29, 1.82) is 0 Å². The van der Waals surface area contributed by atoms with E-state index in [1.165, 1.54) is 0 Å². The van der Waals surface area contributed by atoms with E-state index >= 15 is 0 Å². The minimum absolute atomic E-state index is 0.0127. The van der Waals surface area contributed by atoms with Gasteiger partial charge in [-0.1, -0.05) is 30.3 Å². The average molecular weight is 426 g/mol. The normalized spacial score (nSPS) is 18.4. The van der Waals surface area contributed by atoms with Gasteiger partial charge in [0, 0.05) is 12.1 Å². The number of rotatable bonds is 6. The number of benzene rings is 2. The molecular formula is C23H28N3O5+. The van der Waals surface area contributed by atoms with Crippen LogP contribution in [0, 0.1) is 0 Å². The number of carbonyl (C=O) groups excluding carboxylic acids is 2. The highest BCUT2D eigenvalue weighted by Crippen LogP contribution is 2.31. The average Bonchev–Trinajstić information content (AvgIpc) is 2.82. The summed E-state index contributed by atoms with van der Waals surface area (Å²) < 4.78 is 16.8. The van der Waals surface area contributed by atoms with E-state index in [-0.39, 0.29) is 18.4 Å². The largest absolute Gasteiger partial charge is 0.496 e. The third-order valence-corrected chi connectivity index (χ3v) is 5.65. The van der Waals surface area contributed by atoms with E-state index in [0.29, 0.717) is 37.7 Å². The molecule has 2 aromatic rings. The van der Waals surface area contributed by atoms with Gasteiger partial charge in [0.05, 0.1) is 33.3 Å². The van der Waals surface area contributed by atoms with Crippen molar-refractivity contribution in [3.8, 4) is 17.2 Å². The van der Waals surface area contributed by atoms with Crippen LogP contribution in [0.15, 0.2) is 48.5 Å². The fourth-order valence-electron chi connectivity index (χ4n) is 3.90. The first-order valence-electron chi connectivity index (χ1n) is 10.5. The van der Waals surface area contributed by atoms with Crippen LogP contribution < -0.4 is 24.4 Å². The maximum atomic E-state index is 12.8. The van der Waals surface area contributed by atoms with Crippen molar-refractivity contribution in [3.63, 3.8) is 0 Å². The van der Waals surface area contributed by atoms with Gasteiger partial charge in [0.2, 0.25) is 6.10 Å². The monoisotopic (exact) mass is 426 g/mol. The lowest BCUT2D eigenvalue weighted by molar-refractivity contribution is -0.896. The number of para-hydroxylation sites is 3. The molecule has 4 rings (SSSR count). The number of hydrogen-bond acceptors (Lipinski definition) is 5. The van der Waals surface area contributed by atoms with E-state index in [4.69, 9.17) is 14.2 Å². The molecule has 0 aliphatic carbocycles. The molecule has 1 atom stereocenters. The van der Waals surface area contributed by atoms with E-state index in [2.05, 4.69) is 5.32 Å². The van der Waals surface area contributed by atoms with E-state index in [1.54, 1.807) is 18.1 Å². The summed E-state index contributed by atoms with van der Waals surface area (Å²) in [7, 11) is 1.62. The second-order valence-electron chi connectivity index (χ2n) is 7.70. The van der Waals surface area contributed by atoms with Gasteiger partial charge in [-0.3, -0.25) is 9.59 Å². The quantitative estimate of drug-likeness (QED) is 0.673. The van der Waals surface area contributed by atoms with Crippen molar-refractivity contribution in [1.82, 2.24) is 10.2 Å². The Morgan fingerprint density at radius 3 is 2.58 bits per heavy atom. The smallest absolute Gasteiger partial charge is 0.275 e. The summed E-state index contributed by atoms with van der Waals surface area (Å²) in [6.07, 6.45) is -0.624. The van der Waals surface area contributed by atoms with Gasteiger partial charge in [0.1, 0.15) is 12.4 Å². The Morgan fingerprint density at radius 2 is 1.81 bits per heavy atom. The van der Waals surface area contributed by atoms with Crippen LogP contribution in [0.3, 0.4) is 0 Å². The molecule has 31 heavy (non-hydrogen) atoms. The maximum absolute atomic E-state index is 12.8. The molecule has 2 aromatic carbocycles. The topological polar surface area (TPSA) is 81.5 Å². The van der Waals surface area contributed by atoms with Gasteiger partial charge in [-0.25, -0.2) is 0 Å². The van der Waals surface area contributed by atoms with Gasteiger partial charge in [0.15, 0.2) is 18.0 Å². The fourth-order valence-corrected chi connectivity index (χ4v) is 3.90. The molecule has 164 valence electrons. The lowest BCUT2D eigenvalue weighted by atomic mass is 10.2. The molecule has 0 unspecified atom stereocenters. The van der Waals surface area contributed by atoms with Gasteiger partial charge in [-0.2, -0.15) is 0 Å². The van der Waals surface area contributed by atoms with E-state index in [0.717, 1.165) is 29.3 Å². The zero-order chi connectivity index (χ0) is 21.6. The summed E-state index contributed by atoms with van der Waals surface area (Å²) in [6, 6.07) is 15.0. The predicted molar refractivity (Wildman–Crippen MR) is 113 cm³/mol. The molecule has 0 radical (unpaired) electrons. The molecule has 2 N–H and O–H groups in total. The molecule has 2 aliphatic heterocycles. The number of ether oxygens (including phenoxy) is 3. The van der Waals surface area contributed by atoms with Crippen molar-refractivity contribution in [2.45, 2.75) is 12.6 Å². The number of nitrogens with one attached hydrogen (secondary N) is 2. The van der Waals surface area contributed by atoms with Crippen LogP contribution in [0.2, 0.25) is 0 Å². The number of amides is 2. The third kappa shape index (κ3) is 5.08. The first kappa shape index (κ1) is 21.0. The number of quaternary nitrogens is 1. The van der Waals surface area contributed by atoms with E-state index in [9.17, 15) is 9.59 Å². The number of carbonyl (C=O) groups is 2. The Morgan fingerprint density at radius 1 is 1.10 bits per heavy atom. The number of nitrogens with zero attached hydrogens (tertiary/aromatic N) is 1. The molecular weight excluding hydrogens is 398 g/mol. The highest BCUT2D eigenvalue weighted by molar-refractivity contribution is 5.82. The summed E-state index contributed by atoms with van der Waals surface area (Å²) in [5, 5.41) is 2.96. The van der Waals surface area contributed by atoms with Gasteiger partial charge in [-0.15, -0.1) is 0 Å². The highest BCUT2D eigenvalue weighted by atomic mass is 16.6. The van der Waals surface area contributed by atoms with Crippen molar-refractivity contribution < 1.29 is 28.7 Å². The van der Waals surface area contributed by atoms with Crippen LogP contribution in [0.4, 0.5) is 0 Å². The maximum Gasteiger partial charge on any atom is 0.275 e. The lowest BCUT2D eigenvalue weighted by Crippen LogP contribution is -3.15. The Kier molecular flexibility index (Phi) is 6.57. The third-order valence-electron chi connectivity index (χ3n) is 5.65. The molecule has 0 bridgehead atoms. The SMILES string of the molecule is COc1ccccc1CNC(=O)C[NH+]1CCN(C(=O)[C@H]2COc3ccccc3O2)CC1. The van der Waals surface area contributed by atoms with Crippen molar-refractivity contribution in [2.24, 2.45) is 0 Å². The van der Waals surface area contributed by atoms with Crippen LogP contribution in [-0.4, -0.2) is 69.3 Å². The van der Waals surface area contributed by atoms with Gasteiger partial charge >= 0.3 is 0 Å². The lowest BCUT2D eigenvalue weighted by Gasteiger charge is -2.35. The molecule has 2 amide bonds. The predicted octanol–water partition coefficient (Wildman–Crippen LogP) is -0.121. The second kappa shape index (κ2) is 9.70. The summed E-state index contributed by atoms with van der Waals surface area (Å²) >= 11 is 0. The minimum Gasteiger partial charge on any atom is -0.496 e. The summed E-state index contributed by atoms with van der Waals surface area (Å²) in [6.45, 7) is 3.66. The first-order chi connectivity index (χ1) is 15.1. The zero-order valence-corrected chi connectivity index (χ0v) is 17.6. The van der Waals surface area contributed by atoms with Crippen LogP contribution in [0.1, 0.15) is 5.56 Å². The van der Waals surface area contributed by atoms with E-state index in [1.807, 2.05) is 42.5 Å². The molecule has 8 heteroatoms. The molecule has 2 aliphatic rings. The van der Waals surface area contributed by atoms with Crippen molar-refractivity contribution in [2.75, 3.05) is 46.4 Å². The van der Waals surface area contributed by atoms with Crippen LogP contribution in [0.5, 0.6) is 17.2 Å². The minimum atomic E-state index is -0.624. The summed E-state index contributed by atoms with van der Waals surface area (Å²) in [4.78, 5) is 28.2. The summed E-state index contributed by atoms with van der Waals surface area (Å²) in [5.74, 6) is 1.96. The fraction of sp³-hybridized carbons (Fsp3) is 0.391. The Labute approximate surface area is 181 Å². The molecule has 8 nitrogen and oxygen atoms in total. The summed E-state index contributed by atoms with van der Waals surface area (Å²) in [5.41, 5.74) is 0.944. The van der Waals surface area contributed by atoms with Crippen LogP contribution >= 0.6 is 0 Å². The van der Waals surface area contributed by atoms with Gasteiger partial charge in [-0.05, 0) is 18.2 Å². The Hall–Kier alpha value is -3.26. The van der Waals surface area contributed by atoms with E-state index < -0.39 is 6.10 Å². The second-order valence-corrected chi connectivity index (χ2v) is 7.70. The zero-order valence-electron chi connectivity index (χ0n) is 17.6. The Balaban J connectivity index is 1.21. The molecule has 1 saturated heterocycles. The van der Waals surface area contributed by atoms with Crippen LogP contribution in [0.25, 0.3) is 0 Å². The first-order valence-corrected chi connectivity index (χ1v) is 10.5. The molecule has 0 spiro atoms. The van der Waals surface area contributed by atoms with Crippen LogP contribution in [-0.2, 0) is 16.1 Å². The number of hydrogen-bond donors (Lipinski definition) is 2. The molecule has 2 heterocycles.